The predicted octanol–water partition coefficient (Wildman–Crippen LogP) is 3.56. The van der Waals surface area contributed by atoms with Crippen LogP contribution in [-0.4, -0.2) is 61.4 Å². The lowest BCUT2D eigenvalue weighted by atomic mass is 10.1. The molecule has 0 bridgehead atoms. The van der Waals surface area contributed by atoms with E-state index >= 15 is 0 Å². The van der Waals surface area contributed by atoms with Crippen LogP contribution in [0.25, 0.3) is 0 Å². The number of H-pyrrole nitrogens is 1. The molecule has 0 unspecified atom stereocenters. The molecule has 0 aliphatic heterocycles. The fourth-order valence-electron chi connectivity index (χ4n) is 4.41. The van der Waals surface area contributed by atoms with Crippen LogP contribution in [0.15, 0.2) is 43.0 Å². The second-order valence-corrected chi connectivity index (χ2v) is 9.36. The summed E-state index contributed by atoms with van der Waals surface area (Å²) >= 11 is 0. The predicted molar refractivity (Wildman–Crippen MR) is 144 cm³/mol. The lowest BCUT2D eigenvalue weighted by Gasteiger charge is -2.22. The normalized spacial score (nSPS) is 11.5. The van der Waals surface area contributed by atoms with Crippen molar-refractivity contribution >= 4 is 11.6 Å². The number of nitrogens with zero attached hydrogens (tertiary/aromatic N) is 5. The van der Waals surface area contributed by atoms with Crippen LogP contribution in [-0.2, 0) is 26.7 Å². The van der Waals surface area contributed by atoms with Gasteiger partial charge in [-0.2, -0.15) is 0 Å². The van der Waals surface area contributed by atoms with Crippen LogP contribution >= 0.6 is 0 Å². The highest BCUT2D eigenvalue weighted by Gasteiger charge is 2.15. The zero-order valence-corrected chi connectivity index (χ0v) is 22.0. The number of unbranched alkanes of at least 4 members (excludes halogenated alkanes) is 1. The molecule has 2 heterocycles. The molecule has 0 aliphatic rings. The van der Waals surface area contributed by atoms with E-state index in [1.807, 2.05) is 42.2 Å². The summed E-state index contributed by atoms with van der Waals surface area (Å²) in [5.74, 6) is 1.75. The number of nitrogen functional groups attached to an aromatic ring is 1. The summed E-state index contributed by atoms with van der Waals surface area (Å²) in [4.78, 5) is 29.5. The van der Waals surface area contributed by atoms with Gasteiger partial charge >= 0.3 is 0 Å². The Bertz CT molecular complexity index is 1040. The molecule has 1 amide bonds. The van der Waals surface area contributed by atoms with Crippen molar-refractivity contribution in [1.82, 2.24) is 34.6 Å². The number of benzene rings is 1. The number of carbonyl (C=O) groups excluding carboxylic acids is 1. The largest absolute Gasteiger partial charge is 0.398 e. The maximum atomic E-state index is 12.7. The molecule has 0 saturated carbocycles. The smallest absolute Gasteiger partial charge is 0.253 e. The van der Waals surface area contributed by atoms with E-state index in [4.69, 9.17) is 5.73 Å². The van der Waals surface area contributed by atoms with Gasteiger partial charge in [0.15, 0.2) is 0 Å². The zero-order valence-electron chi connectivity index (χ0n) is 22.0. The van der Waals surface area contributed by atoms with Gasteiger partial charge in [0.2, 0.25) is 0 Å². The van der Waals surface area contributed by atoms with Crippen LogP contribution in [0, 0.1) is 0 Å². The van der Waals surface area contributed by atoms with E-state index < -0.39 is 0 Å². The number of nitrogens with two attached hydrogens (primary N) is 1. The van der Waals surface area contributed by atoms with Crippen LogP contribution < -0.4 is 11.1 Å². The number of imidazole rings is 2. The van der Waals surface area contributed by atoms with Gasteiger partial charge in [0.25, 0.3) is 5.91 Å². The van der Waals surface area contributed by atoms with Gasteiger partial charge in [-0.05, 0) is 63.0 Å². The van der Waals surface area contributed by atoms with Crippen molar-refractivity contribution < 1.29 is 4.79 Å². The second kappa shape index (κ2) is 14.4. The quantitative estimate of drug-likeness (QED) is 0.208. The number of hydrogen-bond donors (Lipinski definition) is 3. The number of carbonyl (C=O) groups is 1. The van der Waals surface area contributed by atoms with Crippen molar-refractivity contribution in [2.24, 2.45) is 7.05 Å². The second-order valence-electron chi connectivity index (χ2n) is 9.36. The summed E-state index contributed by atoms with van der Waals surface area (Å²) in [7, 11) is 1.99. The third-order valence-corrected chi connectivity index (χ3v) is 6.25. The summed E-state index contributed by atoms with van der Waals surface area (Å²) in [6, 6.07) is 5.71. The van der Waals surface area contributed by atoms with Gasteiger partial charge in [-0.25, -0.2) is 9.97 Å². The number of hydrogen-bond acceptors (Lipinski definition) is 6. The molecular weight excluding hydrogens is 452 g/mol. The van der Waals surface area contributed by atoms with E-state index in [0.717, 1.165) is 49.7 Å². The van der Waals surface area contributed by atoms with Crippen molar-refractivity contribution in [2.75, 3.05) is 31.9 Å². The van der Waals surface area contributed by atoms with Crippen LogP contribution in [0.4, 0.5) is 5.69 Å². The SMILES string of the molecule is CCCN(CCC)CCCCNC(=O)c1ccc(CN(Cc2ncc[nH]2)Cc2nccn2C)cc1N. The summed E-state index contributed by atoms with van der Waals surface area (Å²) < 4.78 is 2.02. The Kier molecular flexibility index (Phi) is 11.0. The molecule has 0 saturated heterocycles. The van der Waals surface area contributed by atoms with Gasteiger partial charge < -0.3 is 25.5 Å². The minimum Gasteiger partial charge on any atom is -0.398 e. The molecule has 0 atom stereocenters. The number of nitrogens with one attached hydrogen (secondary N) is 2. The van der Waals surface area contributed by atoms with Crippen molar-refractivity contribution in [1.29, 1.82) is 0 Å². The third-order valence-electron chi connectivity index (χ3n) is 6.25. The number of aromatic amines is 1. The summed E-state index contributed by atoms with van der Waals surface area (Å²) in [6.45, 7) is 10.4. The highest BCUT2D eigenvalue weighted by atomic mass is 16.1. The van der Waals surface area contributed by atoms with E-state index in [2.05, 4.69) is 43.9 Å². The molecule has 9 heteroatoms. The average Bonchev–Trinajstić information content (AvgIpc) is 3.51. The molecule has 36 heavy (non-hydrogen) atoms. The van der Waals surface area contributed by atoms with E-state index in [1.54, 1.807) is 12.4 Å². The average molecular weight is 495 g/mol. The number of aryl methyl sites for hydroxylation is 1. The van der Waals surface area contributed by atoms with E-state index in [-0.39, 0.29) is 5.91 Å². The molecule has 0 radical (unpaired) electrons. The third kappa shape index (κ3) is 8.49. The highest BCUT2D eigenvalue weighted by molar-refractivity contribution is 5.99. The molecule has 9 nitrogen and oxygen atoms in total. The van der Waals surface area contributed by atoms with Gasteiger partial charge in [0.05, 0.1) is 18.7 Å². The minimum atomic E-state index is -0.113. The van der Waals surface area contributed by atoms with Crippen LogP contribution in [0.2, 0.25) is 0 Å². The first kappa shape index (κ1) is 27.4. The molecule has 0 aliphatic carbocycles. The van der Waals surface area contributed by atoms with E-state index in [1.165, 1.54) is 12.8 Å². The van der Waals surface area contributed by atoms with Gasteiger partial charge in [0, 0.05) is 50.6 Å². The molecule has 3 aromatic rings. The Hall–Kier alpha value is -3.17. The minimum absolute atomic E-state index is 0.113. The number of anilines is 1. The first-order chi connectivity index (χ1) is 17.5. The zero-order chi connectivity index (χ0) is 25.8. The number of rotatable bonds is 16. The monoisotopic (exact) mass is 494 g/mol. The standard InChI is InChI=1S/C27H42N8O/c1-4-14-34(15-5-2)16-7-6-10-32-27(36)23-9-8-22(18-24(23)28)19-35(20-25-29-11-12-30-25)21-26-31-13-17-33(26)3/h8-9,11-13,17-18H,4-7,10,14-16,19-21,28H2,1-3H3,(H,29,30)(H,32,36). The summed E-state index contributed by atoms with van der Waals surface area (Å²) in [5.41, 5.74) is 8.37. The molecule has 2 aromatic heterocycles. The lowest BCUT2D eigenvalue weighted by molar-refractivity contribution is 0.0953. The fraction of sp³-hybridized carbons (Fsp3) is 0.519. The van der Waals surface area contributed by atoms with Gasteiger partial charge in [0.1, 0.15) is 11.6 Å². The van der Waals surface area contributed by atoms with E-state index in [9.17, 15) is 4.79 Å². The topological polar surface area (TPSA) is 108 Å². The van der Waals surface area contributed by atoms with Crippen molar-refractivity contribution in [3.05, 3.63) is 65.8 Å². The molecule has 3 rings (SSSR count). The molecule has 4 N–H and O–H groups in total. The molecular formula is C27H42N8O. The number of amides is 1. The van der Waals surface area contributed by atoms with Crippen LogP contribution in [0.3, 0.4) is 0 Å². The summed E-state index contributed by atoms with van der Waals surface area (Å²) in [5, 5.41) is 3.03. The van der Waals surface area contributed by atoms with Crippen LogP contribution in [0.5, 0.6) is 0 Å². The maximum Gasteiger partial charge on any atom is 0.253 e. The fourth-order valence-corrected chi connectivity index (χ4v) is 4.41. The Balaban J connectivity index is 1.53. The Morgan fingerprint density at radius 2 is 1.83 bits per heavy atom. The van der Waals surface area contributed by atoms with Crippen molar-refractivity contribution in [2.45, 2.75) is 59.2 Å². The van der Waals surface area contributed by atoms with Crippen molar-refractivity contribution in [3.63, 3.8) is 0 Å². The van der Waals surface area contributed by atoms with Gasteiger partial charge in [-0.1, -0.05) is 19.9 Å². The first-order valence-corrected chi connectivity index (χ1v) is 13.1. The lowest BCUT2D eigenvalue weighted by Crippen LogP contribution is -2.29. The Labute approximate surface area is 215 Å². The van der Waals surface area contributed by atoms with Crippen molar-refractivity contribution in [3.8, 4) is 0 Å². The first-order valence-electron chi connectivity index (χ1n) is 13.1. The van der Waals surface area contributed by atoms with Gasteiger partial charge in [-0.15, -0.1) is 0 Å². The molecule has 0 spiro atoms. The molecule has 0 fully saturated rings. The number of aromatic nitrogens is 4. The Morgan fingerprint density at radius 3 is 2.47 bits per heavy atom. The molecule has 196 valence electrons. The van der Waals surface area contributed by atoms with Crippen LogP contribution in [0.1, 0.15) is 67.1 Å². The summed E-state index contributed by atoms with van der Waals surface area (Å²) in [6.07, 6.45) is 11.7. The maximum absolute atomic E-state index is 12.7. The van der Waals surface area contributed by atoms with Gasteiger partial charge in [-0.3, -0.25) is 9.69 Å². The Morgan fingerprint density at radius 1 is 1.03 bits per heavy atom. The van der Waals surface area contributed by atoms with E-state index in [0.29, 0.717) is 37.4 Å². The highest BCUT2D eigenvalue weighted by Crippen LogP contribution is 2.18. The molecule has 1 aromatic carbocycles.